The third kappa shape index (κ3) is 3.31. The maximum Gasteiger partial charge on any atom is 0.0598 e. The Morgan fingerprint density at radius 2 is 1.68 bits per heavy atom. The molecule has 3 heteroatoms. The fraction of sp³-hybridized carbons (Fsp3) is 0.158. The lowest BCUT2D eigenvalue weighted by atomic mass is 10.2. The fourth-order valence-electron chi connectivity index (χ4n) is 2.39. The Labute approximate surface area is 132 Å². The normalized spacial score (nSPS) is 14.1. The molecular weight excluding hydrogens is 270 g/mol. The zero-order chi connectivity index (χ0) is 15.4. The van der Waals surface area contributed by atoms with Crippen molar-refractivity contribution in [1.29, 1.82) is 0 Å². The van der Waals surface area contributed by atoms with Crippen LogP contribution in [0.3, 0.4) is 0 Å². The minimum atomic E-state index is 0.878. The van der Waals surface area contributed by atoms with Gasteiger partial charge in [0.2, 0.25) is 0 Å². The van der Waals surface area contributed by atoms with Gasteiger partial charge < -0.3 is 4.90 Å². The highest BCUT2D eigenvalue weighted by Crippen LogP contribution is 2.17. The van der Waals surface area contributed by atoms with Gasteiger partial charge in [-0.1, -0.05) is 36.4 Å². The summed E-state index contributed by atoms with van der Waals surface area (Å²) in [6, 6.07) is 18.9. The van der Waals surface area contributed by atoms with Gasteiger partial charge in [-0.15, -0.1) is 0 Å². The van der Waals surface area contributed by atoms with Crippen molar-refractivity contribution < 1.29 is 0 Å². The molecule has 0 unspecified atom stereocenters. The van der Waals surface area contributed by atoms with Gasteiger partial charge in [-0.25, -0.2) is 0 Å². The second-order valence-electron chi connectivity index (χ2n) is 5.54. The minimum Gasteiger partial charge on any atom is -0.378 e. The number of anilines is 2. The standard InChI is InChI=1S/C19H21N3/c1-21(2)18-12-9-16(10-13-18)8-11-17-14-15-22(20-17)19-6-4-3-5-7-19/h3-14,20H,15H2,1-2H3. The minimum absolute atomic E-state index is 0.878. The highest BCUT2D eigenvalue weighted by atomic mass is 15.5. The Morgan fingerprint density at radius 3 is 2.36 bits per heavy atom. The number of para-hydroxylation sites is 1. The van der Waals surface area contributed by atoms with Crippen LogP contribution in [0.2, 0.25) is 0 Å². The van der Waals surface area contributed by atoms with Crippen LogP contribution in [0.1, 0.15) is 5.56 Å². The summed E-state index contributed by atoms with van der Waals surface area (Å²) in [7, 11) is 4.10. The molecule has 2 aromatic rings. The van der Waals surface area contributed by atoms with E-state index in [0.717, 1.165) is 12.2 Å². The summed E-state index contributed by atoms with van der Waals surface area (Å²) >= 11 is 0. The molecule has 1 N–H and O–H groups in total. The van der Waals surface area contributed by atoms with Crippen molar-refractivity contribution in [2.45, 2.75) is 0 Å². The maximum absolute atomic E-state index is 3.41. The topological polar surface area (TPSA) is 18.5 Å². The van der Waals surface area contributed by atoms with Gasteiger partial charge in [-0.3, -0.25) is 10.4 Å². The number of nitrogens with one attached hydrogen (secondary N) is 1. The largest absolute Gasteiger partial charge is 0.378 e. The number of allylic oxidation sites excluding steroid dienone is 1. The molecule has 0 aliphatic carbocycles. The number of rotatable bonds is 4. The fourth-order valence-corrected chi connectivity index (χ4v) is 2.39. The second-order valence-corrected chi connectivity index (χ2v) is 5.54. The number of hydrogen-bond acceptors (Lipinski definition) is 3. The second kappa shape index (κ2) is 6.39. The van der Waals surface area contributed by atoms with Crippen LogP contribution in [-0.4, -0.2) is 20.6 Å². The first kappa shape index (κ1) is 14.3. The zero-order valence-corrected chi connectivity index (χ0v) is 13.0. The molecule has 2 aromatic carbocycles. The molecule has 0 spiro atoms. The molecule has 0 saturated heterocycles. The number of hydrogen-bond donors (Lipinski definition) is 1. The van der Waals surface area contributed by atoms with Gasteiger partial charge in [0.05, 0.1) is 17.9 Å². The van der Waals surface area contributed by atoms with Gasteiger partial charge >= 0.3 is 0 Å². The third-order valence-corrected chi connectivity index (χ3v) is 3.69. The van der Waals surface area contributed by atoms with Crippen molar-refractivity contribution in [3.05, 3.63) is 78.0 Å². The van der Waals surface area contributed by atoms with Crippen molar-refractivity contribution in [3.8, 4) is 0 Å². The summed E-state index contributed by atoms with van der Waals surface area (Å²) < 4.78 is 0. The van der Waals surface area contributed by atoms with E-state index in [2.05, 4.69) is 96.2 Å². The predicted molar refractivity (Wildman–Crippen MR) is 94.8 cm³/mol. The molecule has 0 atom stereocenters. The van der Waals surface area contributed by atoms with Crippen LogP contribution in [0, 0.1) is 0 Å². The number of nitrogens with zero attached hydrogens (tertiary/aromatic N) is 2. The molecule has 0 radical (unpaired) electrons. The molecule has 1 aliphatic heterocycles. The lowest BCUT2D eigenvalue weighted by Crippen LogP contribution is -2.31. The van der Waals surface area contributed by atoms with Gasteiger partial charge in [0.15, 0.2) is 0 Å². The van der Waals surface area contributed by atoms with Gasteiger partial charge in [0, 0.05) is 19.8 Å². The van der Waals surface area contributed by atoms with Gasteiger partial charge in [-0.05, 0) is 42.0 Å². The smallest absolute Gasteiger partial charge is 0.0598 e. The molecule has 0 aromatic heterocycles. The molecule has 1 aliphatic rings. The summed E-state index contributed by atoms with van der Waals surface area (Å²) in [5.41, 5.74) is 8.12. The van der Waals surface area contributed by atoms with Gasteiger partial charge in [0.25, 0.3) is 0 Å². The highest BCUT2D eigenvalue weighted by molar-refractivity contribution is 5.58. The lowest BCUT2D eigenvalue weighted by molar-refractivity contribution is 0.819. The molecule has 22 heavy (non-hydrogen) atoms. The van der Waals surface area contributed by atoms with Crippen LogP contribution in [0.4, 0.5) is 11.4 Å². The first-order valence-electron chi connectivity index (χ1n) is 7.47. The number of benzene rings is 2. The molecule has 3 nitrogen and oxygen atoms in total. The Morgan fingerprint density at radius 1 is 0.955 bits per heavy atom. The molecule has 0 amide bonds. The van der Waals surface area contributed by atoms with E-state index in [-0.39, 0.29) is 0 Å². The van der Waals surface area contributed by atoms with Gasteiger partial charge in [0.1, 0.15) is 0 Å². The molecule has 0 fully saturated rings. The van der Waals surface area contributed by atoms with Crippen LogP contribution in [0.25, 0.3) is 6.08 Å². The highest BCUT2D eigenvalue weighted by Gasteiger charge is 2.10. The van der Waals surface area contributed by atoms with Crippen LogP contribution in [0.5, 0.6) is 0 Å². The molecular formula is C19H21N3. The molecule has 112 valence electrons. The maximum atomic E-state index is 3.41. The summed E-state index contributed by atoms with van der Waals surface area (Å²) in [6.07, 6.45) is 6.44. The molecule has 1 heterocycles. The Kier molecular flexibility index (Phi) is 4.15. The SMILES string of the molecule is CN(C)c1ccc(C=CC2=CCN(c3ccccc3)N2)cc1. The van der Waals surface area contributed by atoms with Crippen molar-refractivity contribution in [2.24, 2.45) is 0 Å². The lowest BCUT2D eigenvalue weighted by Gasteiger charge is -2.19. The van der Waals surface area contributed by atoms with E-state index < -0.39 is 0 Å². The average Bonchev–Trinajstić information content (AvgIpc) is 3.03. The van der Waals surface area contributed by atoms with E-state index in [4.69, 9.17) is 0 Å². The summed E-state index contributed by atoms with van der Waals surface area (Å²) in [4.78, 5) is 2.10. The molecule has 0 bridgehead atoms. The van der Waals surface area contributed by atoms with Crippen molar-refractivity contribution in [2.75, 3.05) is 30.5 Å². The van der Waals surface area contributed by atoms with E-state index in [0.29, 0.717) is 0 Å². The van der Waals surface area contributed by atoms with Gasteiger partial charge in [-0.2, -0.15) is 0 Å². The van der Waals surface area contributed by atoms with Crippen LogP contribution in [0.15, 0.2) is 72.4 Å². The summed E-state index contributed by atoms with van der Waals surface area (Å²) in [5, 5.41) is 2.13. The van der Waals surface area contributed by atoms with Crippen LogP contribution >= 0.6 is 0 Å². The van der Waals surface area contributed by atoms with Crippen LogP contribution < -0.4 is 15.3 Å². The van der Waals surface area contributed by atoms with E-state index in [9.17, 15) is 0 Å². The van der Waals surface area contributed by atoms with Crippen molar-refractivity contribution in [3.63, 3.8) is 0 Å². The third-order valence-electron chi connectivity index (χ3n) is 3.69. The Bertz CT molecular complexity index is 670. The molecule has 3 rings (SSSR count). The van der Waals surface area contributed by atoms with E-state index in [1.165, 1.54) is 16.9 Å². The van der Waals surface area contributed by atoms with Crippen molar-refractivity contribution in [1.82, 2.24) is 5.43 Å². The Balaban J connectivity index is 1.62. The predicted octanol–water partition coefficient (Wildman–Crippen LogP) is 3.67. The Hall–Kier alpha value is -2.68. The summed E-state index contributed by atoms with van der Waals surface area (Å²) in [6.45, 7) is 0.878. The van der Waals surface area contributed by atoms with E-state index >= 15 is 0 Å². The summed E-state index contributed by atoms with van der Waals surface area (Å²) in [5.74, 6) is 0. The van der Waals surface area contributed by atoms with E-state index in [1.54, 1.807) is 0 Å². The van der Waals surface area contributed by atoms with E-state index in [1.807, 2.05) is 6.07 Å². The monoisotopic (exact) mass is 291 g/mol. The average molecular weight is 291 g/mol. The van der Waals surface area contributed by atoms with Crippen LogP contribution in [-0.2, 0) is 0 Å². The number of hydrazine groups is 1. The zero-order valence-electron chi connectivity index (χ0n) is 13.0. The quantitative estimate of drug-likeness (QED) is 0.927. The first-order chi connectivity index (χ1) is 10.7. The van der Waals surface area contributed by atoms with Crippen molar-refractivity contribution >= 4 is 17.5 Å². The molecule has 0 saturated carbocycles. The first-order valence-corrected chi connectivity index (χ1v) is 7.47.